The fourth-order valence-electron chi connectivity index (χ4n) is 4.13. The summed E-state index contributed by atoms with van der Waals surface area (Å²) in [5.74, 6) is 0.480. The van der Waals surface area contributed by atoms with Gasteiger partial charge in [0.2, 0.25) is 0 Å². The third kappa shape index (κ3) is 3.88. The van der Waals surface area contributed by atoms with Gasteiger partial charge in [-0.15, -0.1) is 0 Å². The van der Waals surface area contributed by atoms with Gasteiger partial charge in [-0.1, -0.05) is 35.4 Å². The van der Waals surface area contributed by atoms with Crippen molar-refractivity contribution in [2.45, 2.75) is 39.2 Å². The van der Waals surface area contributed by atoms with Crippen molar-refractivity contribution < 1.29 is 4.79 Å². The van der Waals surface area contributed by atoms with Gasteiger partial charge in [-0.25, -0.2) is 4.79 Å². The molecule has 0 atom stereocenters. The molecule has 0 spiro atoms. The summed E-state index contributed by atoms with van der Waals surface area (Å²) in [5.41, 5.74) is 6.23. The minimum absolute atomic E-state index is 0.0115. The molecular formula is C23H26ClN3O. The third-order valence-corrected chi connectivity index (χ3v) is 6.05. The van der Waals surface area contributed by atoms with E-state index in [9.17, 15) is 4.79 Å². The number of aromatic amines is 1. The molecule has 1 aliphatic heterocycles. The Balaban J connectivity index is 1.36. The first-order chi connectivity index (χ1) is 13.5. The number of nitrogens with one attached hydrogen (secondary N) is 2. The van der Waals surface area contributed by atoms with Crippen molar-refractivity contribution in [1.82, 2.24) is 15.2 Å². The van der Waals surface area contributed by atoms with Crippen LogP contribution in [0, 0.1) is 13.8 Å². The second-order valence-electron chi connectivity index (χ2n) is 7.76. The topological polar surface area (TPSA) is 48.1 Å². The number of urea groups is 1. The van der Waals surface area contributed by atoms with Gasteiger partial charge in [0, 0.05) is 47.2 Å². The molecule has 2 N–H and O–H groups in total. The third-order valence-electron chi connectivity index (χ3n) is 5.80. The number of aryl methyl sites for hydroxylation is 2. The fraction of sp³-hybridized carbons (Fsp3) is 0.348. The van der Waals surface area contributed by atoms with Crippen LogP contribution in [-0.2, 0) is 6.54 Å². The number of amides is 2. The molecule has 0 saturated carbocycles. The van der Waals surface area contributed by atoms with Gasteiger partial charge in [0.05, 0.1) is 0 Å². The standard InChI is InChI=1S/C23H26ClN3O/c1-15-3-8-21-20(13-15)16(2)22(26-21)18-9-11-27(12-10-18)23(28)25-14-17-4-6-19(24)7-5-17/h3-8,13,18,26H,9-12,14H2,1-2H3,(H,25,28). The predicted octanol–water partition coefficient (Wildman–Crippen LogP) is 5.53. The molecule has 2 aromatic carbocycles. The number of H-pyrrole nitrogens is 1. The summed E-state index contributed by atoms with van der Waals surface area (Å²) in [6.45, 7) is 6.43. The predicted molar refractivity (Wildman–Crippen MR) is 115 cm³/mol. The molecule has 146 valence electrons. The van der Waals surface area contributed by atoms with Gasteiger partial charge in [0.1, 0.15) is 0 Å². The lowest BCUT2D eigenvalue weighted by molar-refractivity contribution is 0.180. The SMILES string of the molecule is Cc1ccc2[nH]c(C3CCN(C(=O)NCc4ccc(Cl)cc4)CC3)c(C)c2c1. The first-order valence-electron chi connectivity index (χ1n) is 9.87. The van der Waals surface area contributed by atoms with E-state index in [4.69, 9.17) is 11.6 Å². The summed E-state index contributed by atoms with van der Waals surface area (Å²) in [4.78, 5) is 18.1. The molecule has 4 nitrogen and oxygen atoms in total. The molecule has 28 heavy (non-hydrogen) atoms. The van der Waals surface area contributed by atoms with Crippen LogP contribution in [0.1, 0.15) is 41.1 Å². The number of fused-ring (bicyclic) bond motifs is 1. The molecule has 3 aromatic rings. The number of rotatable bonds is 3. The van der Waals surface area contributed by atoms with Crippen molar-refractivity contribution in [3.63, 3.8) is 0 Å². The maximum absolute atomic E-state index is 12.5. The molecule has 1 aliphatic rings. The van der Waals surface area contributed by atoms with E-state index >= 15 is 0 Å². The van der Waals surface area contributed by atoms with Crippen LogP contribution in [0.2, 0.25) is 5.02 Å². The fourth-order valence-corrected chi connectivity index (χ4v) is 4.26. The van der Waals surface area contributed by atoms with E-state index in [0.717, 1.165) is 31.5 Å². The number of piperidine rings is 1. The summed E-state index contributed by atoms with van der Waals surface area (Å²) in [6.07, 6.45) is 1.97. The number of hydrogen-bond acceptors (Lipinski definition) is 1. The van der Waals surface area contributed by atoms with Crippen LogP contribution in [0.25, 0.3) is 10.9 Å². The maximum atomic E-state index is 12.5. The Hall–Kier alpha value is -2.46. The molecule has 1 aromatic heterocycles. The van der Waals surface area contributed by atoms with Crippen LogP contribution in [-0.4, -0.2) is 29.0 Å². The molecule has 2 amide bonds. The lowest BCUT2D eigenvalue weighted by atomic mass is 9.91. The van der Waals surface area contributed by atoms with Crippen LogP contribution >= 0.6 is 11.6 Å². The molecule has 0 radical (unpaired) electrons. The highest BCUT2D eigenvalue weighted by atomic mass is 35.5. The van der Waals surface area contributed by atoms with E-state index in [0.29, 0.717) is 17.5 Å². The van der Waals surface area contributed by atoms with E-state index in [1.54, 1.807) is 0 Å². The van der Waals surface area contributed by atoms with E-state index in [-0.39, 0.29) is 6.03 Å². The molecular weight excluding hydrogens is 370 g/mol. The van der Waals surface area contributed by atoms with Crippen molar-refractivity contribution in [2.75, 3.05) is 13.1 Å². The van der Waals surface area contributed by atoms with Gasteiger partial charge in [0.15, 0.2) is 0 Å². The zero-order valence-electron chi connectivity index (χ0n) is 16.4. The Morgan fingerprint density at radius 1 is 1.14 bits per heavy atom. The van der Waals surface area contributed by atoms with Crippen LogP contribution in [0.4, 0.5) is 4.79 Å². The van der Waals surface area contributed by atoms with Crippen LogP contribution in [0.5, 0.6) is 0 Å². The van der Waals surface area contributed by atoms with Crippen LogP contribution < -0.4 is 5.32 Å². The van der Waals surface area contributed by atoms with Crippen molar-refractivity contribution in [3.05, 3.63) is 69.9 Å². The first-order valence-corrected chi connectivity index (χ1v) is 10.2. The van der Waals surface area contributed by atoms with Crippen LogP contribution in [0.15, 0.2) is 42.5 Å². The van der Waals surface area contributed by atoms with Crippen molar-refractivity contribution >= 4 is 28.5 Å². The number of hydrogen-bond donors (Lipinski definition) is 2. The Morgan fingerprint density at radius 2 is 1.86 bits per heavy atom. The Labute approximate surface area is 170 Å². The van der Waals surface area contributed by atoms with Gasteiger partial charge in [-0.2, -0.15) is 0 Å². The van der Waals surface area contributed by atoms with Gasteiger partial charge >= 0.3 is 6.03 Å². The van der Waals surface area contributed by atoms with Gasteiger partial charge in [-0.3, -0.25) is 0 Å². The highest BCUT2D eigenvalue weighted by Crippen LogP contribution is 2.33. The zero-order chi connectivity index (χ0) is 19.7. The van der Waals surface area contributed by atoms with E-state index in [1.165, 1.54) is 27.7 Å². The summed E-state index contributed by atoms with van der Waals surface area (Å²) >= 11 is 5.91. The quantitative estimate of drug-likeness (QED) is 0.602. The second-order valence-corrected chi connectivity index (χ2v) is 8.20. The smallest absolute Gasteiger partial charge is 0.317 e. The minimum Gasteiger partial charge on any atom is -0.358 e. The van der Waals surface area contributed by atoms with Gasteiger partial charge < -0.3 is 15.2 Å². The average molecular weight is 396 g/mol. The number of halogens is 1. The summed E-state index contributed by atoms with van der Waals surface area (Å²) in [5, 5.41) is 5.04. The van der Waals surface area contributed by atoms with Crippen molar-refractivity contribution in [2.24, 2.45) is 0 Å². The number of benzene rings is 2. The normalized spacial score (nSPS) is 15.2. The number of carbonyl (C=O) groups excluding carboxylic acids is 1. The van der Waals surface area contributed by atoms with E-state index in [2.05, 4.69) is 42.3 Å². The summed E-state index contributed by atoms with van der Waals surface area (Å²) in [6, 6.07) is 14.2. The summed E-state index contributed by atoms with van der Waals surface area (Å²) in [7, 11) is 0. The first kappa shape index (κ1) is 18.9. The molecule has 1 saturated heterocycles. The van der Waals surface area contributed by atoms with E-state index < -0.39 is 0 Å². The molecule has 0 unspecified atom stereocenters. The monoisotopic (exact) mass is 395 g/mol. The van der Waals surface area contributed by atoms with E-state index in [1.807, 2.05) is 29.2 Å². The molecule has 5 heteroatoms. The van der Waals surface area contributed by atoms with Gasteiger partial charge in [-0.05, 0) is 62.1 Å². The minimum atomic E-state index is 0.0115. The Kier molecular flexibility index (Phi) is 5.31. The van der Waals surface area contributed by atoms with Crippen LogP contribution in [0.3, 0.4) is 0 Å². The number of carbonyl (C=O) groups is 1. The molecule has 0 aliphatic carbocycles. The second kappa shape index (κ2) is 7.88. The molecule has 1 fully saturated rings. The lowest BCUT2D eigenvalue weighted by Crippen LogP contribution is -2.43. The summed E-state index contributed by atoms with van der Waals surface area (Å²) < 4.78 is 0. The maximum Gasteiger partial charge on any atom is 0.317 e. The molecule has 2 heterocycles. The zero-order valence-corrected chi connectivity index (χ0v) is 17.1. The van der Waals surface area contributed by atoms with Crippen molar-refractivity contribution in [3.8, 4) is 0 Å². The van der Waals surface area contributed by atoms with Gasteiger partial charge in [0.25, 0.3) is 0 Å². The highest BCUT2D eigenvalue weighted by Gasteiger charge is 2.26. The number of likely N-dealkylation sites (tertiary alicyclic amines) is 1. The molecule has 4 rings (SSSR count). The number of nitrogens with zero attached hydrogens (tertiary/aromatic N) is 1. The Bertz CT molecular complexity index is 985. The lowest BCUT2D eigenvalue weighted by Gasteiger charge is -2.32. The largest absolute Gasteiger partial charge is 0.358 e. The Morgan fingerprint density at radius 3 is 2.57 bits per heavy atom. The average Bonchev–Trinajstić information content (AvgIpc) is 3.03. The van der Waals surface area contributed by atoms with Crippen molar-refractivity contribution in [1.29, 1.82) is 0 Å². The number of aromatic nitrogens is 1. The highest BCUT2D eigenvalue weighted by molar-refractivity contribution is 6.30. The molecule has 0 bridgehead atoms.